The molecule has 0 aliphatic carbocycles. The zero-order valence-electron chi connectivity index (χ0n) is 39.4. The van der Waals surface area contributed by atoms with E-state index in [-0.39, 0.29) is 19.2 Å². The van der Waals surface area contributed by atoms with Crippen molar-refractivity contribution in [1.29, 1.82) is 0 Å². The molecule has 6 unspecified atom stereocenters. The Morgan fingerprint density at radius 1 is 0.525 bits per heavy atom. The van der Waals surface area contributed by atoms with Crippen molar-refractivity contribution in [2.24, 2.45) is 0 Å². The number of aliphatic hydroxyl groups excluding tert-OH is 4. The molecule has 0 aromatic rings. The SMILES string of the molecule is CCCCCCC/C=C\C/C=C\CCCCCCCCCCCC(=O)OC(COCCCCCCCC/C=C\CCCCCCCCC)COC1OC(CO)C(O)C(O)C1O. The number of allylic oxidation sites excluding steroid dienone is 6. The summed E-state index contributed by atoms with van der Waals surface area (Å²) in [5.74, 6) is -0.318. The molecule has 0 amide bonds. The maximum Gasteiger partial charge on any atom is 0.306 e. The Hall–Kier alpha value is -1.59. The number of ether oxygens (including phenoxy) is 4. The van der Waals surface area contributed by atoms with Crippen LogP contribution in [0.25, 0.3) is 0 Å². The molecular weight excluding hydrogens is 769 g/mol. The lowest BCUT2D eigenvalue weighted by atomic mass is 9.99. The zero-order chi connectivity index (χ0) is 44.3. The van der Waals surface area contributed by atoms with E-state index in [0.29, 0.717) is 13.0 Å². The lowest BCUT2D eigenvalue weighted by Gasteiger charge is -2.39. The highest BCUT2D eigenvalue weighted by atomic mass is 16.7. The number of hydrogen-bond acceptors (Lipinski definition) is 9. The predicted octanol–water partition coefficient (Wildman–Crippen LogP) is 12.3. The van der Waals surface area contributed by atoms with Crippen LogP contribution in [0.4, 0.5) is 0 Å². The van der Waals surface area contributed by atoms with Gasteiger partial charge in [-0.1, -0.05) is 185 Å². The molecule has 1 aliphatic rings. The standard InChI is InChI=1S/C52H96O9/c1-3-5-7-9-11-13-15-17-19-21-22-23-24-25-27-29-31-33-35-37-39-41-48(54)60-46(45-59-52-51(57)50(56)49(55)47(43-53)61-52)44-58-42-40-38-36-34-32-30-28-26-20-18-16-14-12-10-8-6-4-2/h15,17,20-22,26,46-47,49-53,55-57H,3-14,16,18-19,23-25,27-45H2,1-2H3/b17-15-,22-21-,26-20-. The van der Waals surface area contributed by atoms with E-state index in [9.17, 15) is 25.2 Å². The van der Waals surface area contributed by atoms with Gasteiger partial charge >= 0.3 is 5.97 Å². The van der Waals surface area contributed by atoms with Crippen molar-refractivity contribution in [3.63, 3.8) is 0 Å². The molecule has 0 radical (unpaired) electrons. The molecule has 1 fully saturated rings. The van der Waals surface area contributed by atoms with Gasteiger partial charge in [0.25, 0.3) is 0 Å². The molecule has 9 nitrogen and oxygen atoms in total. The first-order valence-electron chi connectivity index (χ1n) is 25.6. The van der Waals surface area contributed by atoms with Crippen molar-refractivity contribution in [2.75, 3.05) is 26.4 Å². The Bertz CT molecular complexity index is 1030. The Morgan fingerprint density at radius 3 is 1.43 bits per heavy atom. The average molecular weight is 865 g/mol. The lowest BCUT2D eigenvalue weighted by molar-refractivity contribution is -0.305. The van der Waals surface area contributed by atoms with Crippen molar-refractivity contribution >= 4 is 5.97 Å². The van der Waals surface area contributed by atoms with Crippen LogP contribution in [0.1, 0.15) is 226 Å². The number of aliphatic hydroxyl groups is 4. The molecule has 1 heterocycles. The van der Waals surface area contributed by atoms with Crippen molar-refractivity contribution in [1.82, 2.24) is 0 Å². The Morgan fingerprint density at radius 2 is 0.951 bits per heavy atom. The number of rotatable bonds is 44. The summed E-state index contributed by atoms with van der Waals surface area (Å²) in [4.78, 5) is 12.8. The van der Waals surface area contributed by atoms with Crippen LogP contribution in [0.5, 0.6) is 0 Å². The third-order valence-corrected chi connectivity index (χ3v) is 11.8. The van der Waals surface area contributed by atoms with Gasteiger partial charge in [0.15, 0.2) is 6.29 Å². The third-order valence-electron chi connectivity index (χ3n) is 11.8. The summed E-state index contributed by atoms with van der Waals surface area (Å²) in [6.07, 6.45) is 46.0. The van der Waals surface area contributed by atoms with E-state index in [2.05, 4.69) is 50.3 Å². The second kappa shape index (κ2) is 43.7. The van der Waals surface area contributed by atoms with Gasteiger partial charge in [-0.05, 0) is 70.6 Å². The summed E-state index contributed by atoms with van der Waals surface area (Å²) in [5.41, 5.74) is 0. The van der Waals surface area contributed by atoms with Gasteiger partial charge in [0.1, 0.15) is 30.5 Å². The maximum absolute atomic E-state index is 12.8. The van der Waals surface area contributed by atoms with Crippen LogP contribution in [0.2, 0.25) is 0 Å². The molecule has 0 bridgehead atoms. The summed E-state index contributed by atoms with van der Waals surface area (Å²) >= 11 is 0. The molecule has 0 aromatic heterocycles. The summed E-state index contributed by atoms with van der Waals surface area (Å²) in [6, 6.07) is 0. The molecule has 0 aromatic carbocycles. The van der Waals surface area contributed by atoms with E-state index < -0.39 is 43.4 Å². The van der Waals surface area contributed by atoms with Crippen molar-refractivity contribution < 1.29 is 44.2 Å². The first-order valence-corrected chi connectivity index (χ1v) is 25.6. The zero-order valence-corrected chi connectivity index (χ0v) is 39.4. The highest BCUT2D eigenvalue weighted by Crippen LogP contribution is 2.23. The van der Waals surface area contributed by atoms with Crippen molar-refractivity contribution in [2.45, 2.75) is 263 Å². The second-order valence-corrected chi connectivity index (χ2v) is 17.6. The Kier molecular flexibility index (Phi) is 41.1. The van der Waals surface area contributed by atoms with Gasteiger partial charge in [0.05, 0.1) is 19.8 Å². The third kappa shape index (κ3) is 34.5. The summed E-state index contributed by atoms with van der Waals surface area (Å²) < 4.78 is 22.9. The minimum atomic E-state index is -1.54. The van der Waals surface area contributed by atoms with Gasteiger partial charge in [-0.2, -0.15) is 0 Å². The second-order valence-electron chi connectivity index (χ2n) is 17.6. The highest BCUT2D eigenvalue weighted by molar-refractivity contribution is 5.69. The first-order chi connectivity index (χ1) is 29.9. The predicted molar refractivity (Wildman–Crippen MR) is 252 cm³/mol. The van der Waals surface area contributed by atoms with Crippen molar-refractivity contribution in [3.05, 3.63) is 36.5 Å². The summed E-state index contributed by atoms with van der Waals surface area (Å²) in [5, 5.41) is 40.2. The monoisotopic (exact) mass is 865 g/mol. The Balaban J connectivity index is 2.21. The van der Waals surface area contributed by atoms with Crippen LogP contribution in [-0.4, -0.2) is 89.6 Å². The molecular formula is C52H96O9. The normalized spacial score (nSPS) is 20.1. The van der Waals surface area contributed by atoms with E-state index >= 15 is 0 Å². The Labute approximate surface area is 374 Å². The van der Waals surface area contributed by atoms with Crippen LogP contribution >= 0.6 is 0 Å². The van der Waals surface area contributed by atoms with E-state index in [4.69, 9.17) is 18.9 Å². The summed E-state index contributed by atoms with van der Waals surface area (Å²) in [6.45, 7) is 4.55. The number of esters is 1. The first kappa shape index (κ1) is 57.4. The molecule has 1 aliphatic heterocycles. The molecule has 1 rings (SSSR count). The highest BCUT2D eigenvalue weighted by Gasteiger charge is 2.44. The largest absolute Gasteiger partial charge is 0.457 e. The average Bonchev–Trinajstić information content (AvgIpc) is 3.26. The molecule has 0 spiro atoms. The number of unbranched alkanes of at least 4 members (excludes halogenated alkanes) is 27. The maximum atomic E-state index is 12.8. The molecule has 1 saturated heterocycles. The minimum Gasteiger partial charge on any atom is -0.457 e. The summed E-state index contributed by atoms with van der Waals surface area (Å²) in [7, 11) is 0. The fourth-order valence-corrected chi connectivity index (χ4v) is 7.75. The quantitative estimate of drug-likeness (QED) is 0.0268. The fraction of sp³-hybridized carbons (Fsp3) is 0.865. The van der Waals surface area contributed by atoms with Gasteiger partial charge in [-0.25, -0.2) is 0 Å². The van der Waals surface area contributed by atoms with E-state index in [1.807, 2.05) is 0 Å². The molecule has 9 heteroatoms. The lowest BCUT2D eigenvalue weighted by Crippen LogP contribution is -2.59. The van der Waals surface area contributed by atoms with Crippen LogP contribution in [0.3, 0.4) is 0 Å². The van der Waals surface area contributed by atoms with Crippen LogP contribution in [-0.2, 0) is 23.7 Å². The van der Waals surface area contributed by atoms with Gasteiger partial charge in [-0.3, -0.25) is 4.79 Å². The van der Waals surface area contributed by atoms with Crippen LogP contribution < -0.4 is 0 Å². The molecule has 6 atom stereocenters. The molecule has 358 valence electrons. The van der Waals surface area contributed by atoms with Gasteiger partial charge in [0.2, 0.25) is 0 Å². The molecule has 0 saturated carbocycles. The number of hydrogen-bond donors (Lipinski definition) is 4. The fourth-order valence-electron chi connectivity index (χ4n) is 7.75. The van der Waals surface area contributed by atoms with Crippen LogP contribution in [0, 0.1) is 0 Å². The van der Waals surface area contributed by atoms with Crippen molar-refractivity contribution in [3.8, 4) is 0 Å². The van der Waals surface area contributed by atoms with Crippen LogP contribution in [0.15, 0.2) is 36.5 Å². The topological polar surface area (TPSA) is 135 Å². The smallest absolute Gasteiger partial charge is 0.306 e. The molecule has 4 N–H and O–H groups in total. The van der Waals surface area contributed by atoms with Gasteiger partial charge in [-0.15, -0.1) is 0 Å². The van der Waals surface area contributed by atoms with Gasteiger partial charge < -0.3 is 39.4 Å². The van der Waals surface area contributed by atoms with Gasteiger partial charge in [0, 0.05) is 13.0 Å². The molecule has 61 heavy (non-hydrogen) atoms. The van der Waals surface area contributed by atoms with E-state index in [1.165, 1.54) is 167 Å². The van der Waals surface area contributed by atoms with E-state index in [0.717, 1.165) is 38.5 Å². The number of carbonyl (C=O) groups is 1. The minimum absolute atomic E-state index is 0.116. The number of carbonyl (C=O) groups excluding carboxylic acids is 1. The van der Waals surface area contributed by atoms with E-state index in [1.54, 1.807) is 0 Å².